The molecule has 0 saturated carbocycles. The predicted molar refractivity (Wildman–Crippen MR) is 76.0 cm³/mol. The van der Waals surface area contributed by atoms with E-state index in [1.54, 1.807) is 13.0 Å². The number of aryl methyl sites for hydroxylation is 1. The van der Waals surface area contributed by atoms with E-state index in [1.807, 2.05) is 0 Å². The molecule has 0 aliphatic carbocycles. The zero-order chi connectivity index (χ0) is 14.9. The van der Waals surface area contributed by atoms with Crippen molar-refractivity contribution in [2.24, 2.45) is 0 Å². The lowest BCUT2D eigenvalue weighted by atomic mass is 10.2. The molecule has 0 fully saturated rings. The molecular formula is C13H12ClNO4S. The van der Waals surface area contributed by atoms with E-state index in [-0.39, 0.29) is 15.7 Å². The third kappa shape index (κ3) is 3.02. The second-order valence-corrected chi connectivity index (χ2v) is 6.70. The van der Waals surface area contributed by atoms with Crippen molar-refractivity contribution in [3.05, 3.63) is 46.9 Å². The van der Waals surface area contributed by atoms with Gasteiger partial charge >= 0.3 is 0 Å². The summed E-state index contributed by atoms with van der Waals surface area (Å²) >= 11 is 5.83. The minimum absolute atomic E-state index is 0.0341. The molecule has 0 aliphatic rings. The van der Waals surface area contributed by atoms with Crippen LogP contribution in [-0.2, 0) is 9.84 Å². The van der Waals surface area contributed by atoms with Crippen LogP contribution < -0.4 is 5.32 Å². The first kappa shape index (κ1) is 14.6. The number of halogens is 1. The second kappa shape index (κ2) is 5.30. The molecule has 0 bridgehead atoms. The van der Waals surface area contributed by atoms with E-state index in [4.69, 9.17) is 16.0 Å². The van der Waals surface area contributed by atoms with Gasteiger partial charge in [0.1, 0.15) is 0 Å². The smallest absolute Gasteiger partial charge is 0.291 e. The Morgan fingerprint density at radius 2 is 2.00 bits per heavy atom. The highest BCUT2D eigenvalue weighted by Crippen LogP contribution is 2.25. The number of hydrogen-bond donors (Lipinski definition) is 1. The fourth-order valence-corrected chi connectivity index (χ4v) is 2.96. The first-order valence-corrected chi connectivity index (χ1v) is 7.91. The molecule has 2 aromatic rings. The lowest BCUT2D eigenvalue weighted by molar-refractivity contribution is 0.0996. The molecule has 5 nitrogen and oxygen atoms in total. The molecule has 106 valence electrons. The van der Waals surface area contributed by atoms with Gasteiger partial charge < -0.3 is 9.73 Å². The van der Waals surface area contributed by atoms with Crippen LogP contribution in [0.25, 0.3) is 0 Å². The Labute approximate surface area is 121 Å². The van der Waals surface area contributed by atoms with Crippen LogP contribution in [0, 0.1) is 6.92 Å². The van der Waals surface area contributed by atoms with Gasteiger partial charge in [-0.1, -0.05) is 11.6 Å². The Morgan fingerprint density at radius 3 is 2.55 bits per heavy atom. The molecule has 0 aliphatic heterocycles. The van der Waals surface area contributed by atoms with E-state index in [2.05, 4.69) is 5.32 Å². The highest BCUT2D eigenvalue weighted by molar-refractivity contribution is 7.90. The Hall–Kier alpha value is -1.79. The van der Waals surface area contributed by atoms with Gasteiger partial charge in [-0.15, -0.1) is 0 Å². The van der Waals surface area contributed by atoms with Gasteiger partial charge in [0.15, 0.2) is 15.6 Å². The molecule has 0 spiro atoms. The van der Waals surface area contributed by atoms with Crippen LogP contribution in [0.3, 0.4) is 0 Å². The average molecular weight is 314 g/mol. The third-order valence-electron chi connectivity index (χ3n) is 2.66. The van der Waals surface area contributed by atoms with E-state index in [1.165, 1.54) is 24.5 Å². The summed E-state index contributed by atoms with van der Waals surface area (Å²) in [6.45, 7) is 1.74. The third-order valence-corrected chi connectivity index (χ3v) is 4.24. The van der Waals surface area contributed by atoms with Crippen LogP contribution in [-0.4, -0.2) is 20.6 Å². The first-order valence-electron chi connectivity index (χ1n) is 5.64. The highest BCUT2D eigenvalue weighted by Gasteiger charge is 2.16. The van der Waals surface area contributed by atoms with Gasteiger partial charge in [0.25, 0.3) is 5.91 Å². The highest BCUT2D eigenvalue weighted by atomic mass is 35.5. The van der Waals surface area contributed by atoms with Crippen molar-refractivity contribution in [1.82, 2.24) is 0 Å². The molecule has 0 unspecified atom stereocenters. The summed E-state index contributed by atoms with van der Waals surface area (Å²) in [5.41, 5.74) is 1.02. The standard InChI is InChI=1S/C13H12ClNO4S/c1-8-5-6-19-12(8)13(16)15-9-3-4-10(14)11(7-9)20(2,17)18/h3-7H,1-2H3,(H,15,16). The summed E-state index contributed by atoms with van der Waals surface area (Å²) in [6.07, 6.45) is 2.46. The summed E-state index contributed by atoms with van der Waals surface area (Å²) in [6, 6.07) is 5.92. The van der Waals surface area contributed by atoms with Crippen LogP contribution in [0.4, 0.5) is 5.69 Å². The largest absolute Gasteiger partial charge is 0.459 e. The van der Waals surface area contributed by atoms with E-state index in [0.717, 1.165) is 6.26 Å². The van der Waals surface area contributed by atoms with Crippen LogP contribution in [0.1, 0.15) is 16.1 Å². The molecule has 1 amide bonds. The maximum Gasteiger partial charge on any atom is 0.291 e. The Balaban J connectivity index is 2.32. The molecule has 1 heterocycles. The molecule has 2 rings (SSSR count). The van der Waals surface area contributed by atoms with E-state index < -0.39 is 15.7 Å². The van der Waals surface area contributed by atoms with E-state index in [0.29, 0.717) is 11.3 Å². The van der Waals surface area contributed by atoms with Crippen LogP contribution in [0.5, 0.6) is 0 Å². The average Bonchev–Trinajstić information content (AvgIpc) is 2.76. The summed E-state index contributed by atoms with van der Waals surface area (Å²) < 4.78 is 28.2. The van der Waals surface area contributed by atoms with Gasteiger partial charge in [-0.25, -0.2) is 8.42 Å². The van der Waals surface area contributed by atoms with Crippen molar-refractivity contribution < 1.29 is 17.6 Å². The maximum atomic E-state index is 12.0. The molecule has 1 aromatic heterocycles. The van der Waals surface area contributed by atoms with Crippen molar-refractivity contribution >= 4 is 33.0 Å². The van der Waals surface area contributed by atoms with Gasteiger partial charge in [-0.2, -0.15) is 0 Å². The van der Waals surface area contributed by atoms with Crippen molar-refractivity contribution in [3.8, 4) is 0 Å². The normalized spacial score (nSPS) is 11.3. The predicted octanol–water partition coefficient (Wildman–Crippen LogP) is 2.90. The molecule has 1 aromatic carbocycles. The number of furan rings is 1. The van der Waals surface area contributed by atoms with Crippen molar-refractivity contribution in [2.75, 3.05) is 11.6 Å². The van der Waals surface area contributed by atoms with Crippen molar-refractivity contribution in [1.29, 1.82) is 0 Å². The fraction of sp³-hybridized carbons (Fsp3) is 0.154. The Kier molecular flexibility index (Phi) is 3.87. The number of nitrogens with one attached hydrogen (secondary N) is 1. The topological polar surface area (TPSA) is 76.4 Å². The lowest BCUT2D eigenvalue weighted by Gasteiger charge is -2.07. The minimum atomic E-state index is -3.46. The number of hydrogen-bond acceptors (Lipinski definition) is 4. The van der Waals surface area contributed by atoms with Gasteiger partial charge in [0.2, 0.25) is 0 Å². The van der Waals surface area contributed by atoms with Gasteiger partial charge in [0, 0.05) is 17.5 Å². The van der Waals surface area contributed by atoms with Gasteiger partial charge in [-0.3, -0.25) is 4.79 Å². The summed E-state index contributed by atoms with van der Waals surface area (Å²) in [4.78, 5) is 11.9. The number of amides is 1. The molecule has 1 N–H and O–H groups in total. The minimum Gasteiger partial charge on any atom is -0.459 e. The van der Waals surface area contributed by atoms with Gasteiger partial charge in [-0.05, 0) is 31.2 Å². The molecule has 7 heteroatoms. The number of benzene rings is 1. The SMILES string of the molecule is Cc1ccoc1C(=O)Nc1ccc(Cl)c(S(C)(=O)=O)c1. The number of carbonyl (C=O) groups is 1. The van der Waals surface area contributed by atoms with Gasteiger partial charge in [0.05, 0.1) is 16.2 Å². The second-order valence-electron chi connectivity index (χ2n) is 4.30. The van der Waals surface area contributed by atoms with Crippen LogP contribution in [0.2, 0.25) is 5.02 Å². The first-order chi connectivity index (χ1) is 9.29. The van der Waals surface area contributed by atoms with Crippen molar-refractivity contribution in [3.63, 3.8) is 0 Å². The van der Waals surface area contributed by atoms with Crippen molar-refractivity contribution in [2.45, 2.75) is 11.8 Å². The molecule has 0 atom stereocenters. The zero-order valence-corrected chi connectivity index (χ0v) is 12.4. The lowest BCUT2D eigenvalue weighted by Crippen LogP contribution is -2.12. The number of sulfone groups is 1. The monoisotopic (exact) mass is 313 g/mol. The Morgan fingerprint density at radius 1 is 1.30 bits per heavy atom. The quantitative estimate of drug-likeness (QED) is 0.945. The molecule has 0 saturated heterocycles. The fourth-order valence-electron chi connectivity index (χ4n) is 1.66. The van der Waals surface area contributed by atoms with Crippen LogP contribution in [0.15, 0.2) is 39.8 Å². The number of rotatable bonds is 3. The Bertz CT molecular complexity index is 764. The van der Waals surface area contributed by atoms with E-state index >= 15 is 0 Å². The number of carbonyl (C=O) groups excluding carboxylic acids is 1. The van der Waals surface area contributed by atoms with E-state index in [9.17, 15) is 13.2 Å². The molecular weight excluding hydrogens is 302 g/mol. The zero-order valence-electron chi connectivity index (χ0n) is 10.8. The summed E-state index contributed by atoms with van der Waals surface area (Å²) in [5, 5.41) is 2.68. The molecule has 20 heavy (non-hydrogen) atoms. The summed E-state index contributed by atoms with van der Waals surface area (Å²) in [5.74, 6) is -0.268. The summed E-state index contributed by atoms with van der Waals surface area (Å²) in [7, 11) is -3.46. The molecule has 0 radical (unpaired) electrons. The number of anilines is 1. The van der Waals surface area contributed by atoms with Crippen LogP contribution >= 0.6 is 11.6 Å². The maximum absolute atomic E-state index is 12.0.